The number of hydrogen-bond acceptors (Lipinski definition) is 6. The largest absolute Gasteiger partial charge is 0.493 e. The molecule has 0 aliphatic carbocycles. The van der Waals surface area contributed by atoms with E-state index in [1.165, 1.54) is 0 Å². The van der Waals surface area contributed by atoms with Crippen molar-refractivity contribution in [2.24, 2.45) is 7.05 Å². The maximum absolute atomic E-state index is 11.5. The number of fused-ring (bicyclic) bond motifs is 3. The molecule has 0 radical (unpaired) electrons. The molecule has 0 fully saturated rings. The lowest BCUT2D eigenvalue weighted by molar-refractivity contribution is -0.103. The molecule has 1 aliphatic rings. The summed E-state index contributed by atoms with van der Waals surface area (Å²) in [6.45, 7) is 6.75. The number of aromatic nitrogens is 3. The molecule has 0 saturated heterocycles. The van der Waals surface area contributed by atoms with Gasteiger partial charge in [-0.05, 0) is 62.6 Å². The third-order valence-corrected chi connectivity index (χ3v) is 9.37. The lowest BCUT2D eigenvalue weighted by atomic mass is 9.96. The highest BCUT2D eigenvalue weighted by Crippen LogP contribution is 2.45. The fourth-order valence-corrected chi connectivity index (χ4v) is 7.05. The van der Waals surface area contributed by atoms with Gasteiger partial charge in [0, 0.05) is 74.5 Å². The number of hydrogen-bond donors (Lipinski definition) is 1. The van der Waals surface area contributed by atoms with Crippen LogP contribution in [0.1, 0.15) is 67.6 Å². The highest BCUT2D eigenvalue weighted by Gasteiger charge is 2.31. The average molecular weight is 646 g/mol. The Labute approximate surface area is 275 Å². The van der Waals surface area contributed by atoms with Gasteiger partial charge in [0.05, 0.1) is 28.5 Å². The van der Waals surface area contributed by atoms with Gasteiger partial charge in [-0.15, -0.1) is 0 Å². The second-order valence-electron chi connectivity index (χ2n) is 11.9. The molecule has 2 unspecified atom stereocenters. The molecule has 2 aromatic heterocycles. The molecule has 3 aromatic carbocycles. The topological polar surface area (TPSA) is 79.9 Å². The Morgan fingerprint density at radius 1 is 1.04 bits per heavy atom. The summed E-state index contributed by atoms with van der Waals surface area (Å²) in [5, 5.41) is 20.4. The minimum Gasteiger partial charge on any atom is -0.493 e. The average Bonchev–Trinajstić information content (AvgIpc) is 3.52. The zero-order valence-electron chi connectivity index (χ0n) is 27.2. The molecular weight excluding hydrogens is 602 g/mol. The van der Waals surface area contributed by atoms with Crippen LogP contribution in [0.4, 0.5) is 0 Å². The first-order valence-electron chi connectivity index (χ1n) is 16.3. The van der Waals surface area contributed by atoms with Gasteiger partial charge in [-0.2, -0.15) is 5.10 Å². The number of nitrogens with zero attached hydrogens (tertiary/aromatic N) is 3. The number of ether oxygens (including phenoxy) is 4. The molecule has 5 aromatic rings. The van der Waals surface area contributed by atoms with E-state index >= 15 is 0 Å². The molecule has 9 heteroatoms. The first-order valence-corrected chi connectivity index (χ1v) is 16.7. The van der Waals surface area contributed by atoms with Gasteiger partial charge >= 0.3 is 0 Å². The number of methoxy groups -OCH3 is 1. The molecule has 0 spiro atoms. The van der Waals surface area contributed by atoms with Gasteiger partial charge < -0.3 is 28.6 Å². The van der Waals surface area contributed by atoms with Crippen LogP contribution in [-0.4, -0.2) is 53.0 Å². The van der Waals surface area contributed by atoms with Gasteiger partial charge in [-0.3, -0.25) is 4.68 Å². The van der Waals surface area contributed by atoms with Gasteiger partial charge in [-0.25, -0.2) is 0 Å². The molecule has 0 bridgehead atoms. The van der Waals surface area contributed by atoms with Crippen molar-refractivity contribution in [3.8, 4) is 16.9 Å². The lowest BCUT2D eigenvalue weighted by Gasteiger charge is -2.19. The van der Waals surface area contributed by atoms with Crippen molar-refractivity contribution in [3.05, 3.63) is 82.3 Å². The van der Waals surface area contributed by atoms with Crippen molar-refractivity contribution in [2.45, 2.75) is 64.9 Å². The van der Waals surface area contributed by atoms with Gasteiger partial charge in [0.15, 0.2) is 6.29 Å². The fourth-order valence-electron chi connectivity index (χ4n) is 6.81. The number of aryl methyl sites for hydroxylation is 3. The molecule has 244 valence electrons. The van der Waals surface area contributed by atoms with Crippen LogP contribution < -0.4 is 4.74 Å². The molecule has 46 heavy (non-hydrogen) atoms. The highest BCUT2D eigenvalue weighted by molar-refractivity contribution is 6.35. The van der Waals surface area contributed by atoms with Gasteiger partial charge in [0.2, 0.25) is 0 Å². The molecule has 1 aliphatic heterocycles. The smallest absolute Gasteiger partial charge is 0.196 e. The lowest BCUT2D eigenvalue weighted by Crippen LogP contribution is -2.14. The maximum Gasteiger partial charge on any atom is 0.196 e. The molecule has 1 N–H and O–H groups in total. The van der Waals surface area contributed by atoms with Gasteiger partial charge in [-0.1, -0.05) is 54.1 Å². The van der Waals surface area contributed by atoms with Crippen LogP contribution >= 0.6 is 11.6 Å². The van der Waals surface area contributed by atoms with E-state index in [0.717, 1.165) is 80.5 Å². The Bertz CT molecular complexity index is 1810. The van der Waals surface area contributed by atoms with E-state index in [1.807, 2.05) is 49.0 Å². The van der Waals surface area contributed by atoms with Crippen molar-refractivity contribution in [2.75, 3.05) is 33.5 Å². The molecular formula is C37H44ClN3O5. The Kier molecular flexibility index (Phi) is 10.3. The monoisotopic (exact) mass is 645 g/mol. The van der Waals surface area contributed by atoms with Crippen molar-refractivity contribution in [1.29, 1.82) is 0 Å². The summed E-state index contributed by atoms with van der Waals surface area (Å²) in [5.74, 6) is 0.878. The number of halogens is 1. The van der Waals surface area contributed by atoms with Gasteiger partial charge in [0.1, 0.15) is 11.9 Å². The quantitative estimate of drug-likeness (QED) is 0.116. The minimum atomic E-state index is -1.08. The van der Waals surface area contributed by atoms with E-state index in [0.29, 0.717) is 50.8 Å². The summed E-state index contributed by atoms with van der Waals surface area (Å²) in [5.41, 5.74) is 6.58. The predicted molar refractivity (Wildman–Crippen MR) is 183 cm³/mol. The number of aliphatic hydroxyl groups is 1. The summed E-state index contributed by atoms with van der Waals surface area (Å²) in [7, 11) is 3.67. The first kappa shape index (κ1) is 32.5. The Morgan fingerprint density at radius 2 is 1.87 bits per heavy atom. The summed E-state index contributed by atoms with van der Waals surface area (Å²) >= 11 is 7.15. The zero-order valence-corrected chi connectivity index (χ0v) is 28.0. The highest BCUT2D eigenvalue weighted by atomic mass is 35.5. The third kappa shape index (κ3) is 6.29. The summed E-state index contributed by atoms with van der Waals surface area (Å²) in [6.07, 6.45) is 2.56. The van der Waals surface area contributed by atoms with Gasteiger partial charge in [0.25, 0.3) is 0 Å². The molecule has 6 rings (SSSR count). The standard InChI is InChI=1S/C37H44ClN3O5/c1-5-44-37(42)36-27(15-11-22-45-30-16-10-13-25-12-6-7-14-26(25)30)28-17-18-29(38)33-32-24(2)40(3)39-34(32)31(19-23-43-4)46-21-9-8-20-41(36)35(28)33/h6-7,10,12-14,16-18,31,37,42H,5,8-9,11,15,19-23H2,1-4H3. The molecule has 0 saturated carbocycles. The van der Waals surface area contributed by atoms with Crippen molar-refractivity contribution < 1.29 is 24.1 Å². The Morgan fingerprint density at radius 3 is 2.70 bits per heavy atom. The maximum atomic E-state index is 11.5. The summed E-state index contributed by atoms with van der Waals surface area (Å²) < 4.78 is 28.3. The summed E-state index contributed by atoms with van der Waals surface area (Å²) in [4.78, 5) is 0. The third-order valence-electron chi connectivity index (χ3n) is 9.05. The van der Waals surface area contributed by atoms with Crippen LogP contribution in [0.3, 0.4) is 0 Å². The van der Waals surface area contributed by atoms with Crippen LogP contribution in [0.15, 0.2) is 54.6 Å². The van der Waals surface area contributed by atoms with Crippen LogP contribution in [0.25, 0.3) is 32.8 Å². The number of rotatable bonds is 11. The van der Waals surface area contributed by atoms with E-state index in [-0.39, 0.29) is 6.10 Å². The van der Waals surface area contributed by atoms with Crippen molar-refractivity contribution >= 4 is 33.3 Å². The Balaban J connectivity index is 1.46. The first-order chi connectivity index (χ1) is 22.4. The Hall–Kier alpha value is -3.40. The molecule has 0 amide bonds. The molecule has 8 nitrogen and oxygen atoms in total. The second kappa shape index (κ2) is 14.6. The summed E-state index contributed by atoms with van der Waals surface area (Å²) in [6, 6.07) is 18.5. The van der Waals surface area contributed by atoms with E-state index in [4.69, 9.17) is 35.6 Å². The van der Waals surface area contributed by atoms with Crippen molar-refractivity contribution in [1.82, 2.24) is 14.3 Å². The fraction of sp³-hybridized carbons (Fsp3) is 0.432. The van der Waals surface area contributed by atoms with Crippen LogP contribution in [-0.2, 0) is 34.2 Å². The van der Waals surface area contributed by atoms with Crippen LogP contribution in [0.2, 0.25) is 5.02 Å². The predicted octanol–water partition coefficient (Wildman–Crippen LogP) is 8.08. The SMILES string of the molecule is CCOC(O)c1c(CCCOc2cccc3ccccc23)c2ccc(Cl)c3c2n1CCCCOC(CCOC)c1nn(C)c(C)c1-3. The van der Waals surface area contributed by atoms with Crippen molar-refractivity contribution in [3.63, 3.8) is 0 Å². The molecule has 2 atom stereocenters. The molecule has 3 heterocycles. The van der Waals surface area contributed by atoms with Crippen LogP contribution in [0.5, 0.6) is 5.75 Å². The van der Waals surface area contributed by atoms with E-state index in [9.17, 15) is 5.11 Å². The van der Waals surface area contributed by atoms with E-state index in [2.05, 4.69) is 35.8 Å². The zero-order chi connectivity index (χ0) is 32.2. The van der Waals surface area contributed by atoms with E-state index in [1.54, 1.807) is 7.11 Å². The van der Waals surface area contributed by atoms with E-state index < -0.39 is 6.29 Å². The van der Waals surface area contributed by atoms with Crippen LogP contribution in [0, 0.1) is 6.92 Å². The second-order valence-corrected chi connectivity index (χ2v) is 12.3. The minimum absolute atomic E-state index is 0.234. The number of aliphatic hydroxyl groups excluding tert-OH is 1. The normalized spacial score (nSPS) is 16.0. The number of benzene rings is 3.